The lowest BCUT2D eigenvalue weighted by Crippen LogP contribution is -2.33. The Morgan fingerprint density at radius 2 is 2.16 bits per heavy atom. The Kier molecular flexibility index (Phi) is 5.77. The van der Waals surface area contributed by atoms with Gasteiger partial charge in [-0.15, -0.1) is 0 Å². The Hall–Kier alpha value is -1.61. The van der Waals surface area contributed by atoms with E-state index in [-0.39, 0.29) is 5.75 Å². The van der Waals surface area contributed by atoms with Gasteiger partial charge in [0.25, 0.3) is 0 Å². The summed E-state index contributed by atoms with van der Waals surface area (Å²) in [4.78, 5) is 11.4. The number of nitrogens with one attached hydrogen (secondary N) is 3. The second-order valence-corrected chi connectivity index (χ2v) is 5.95. The highest BCUT2D eigenvalue weighted by Gasteiger charge is 2.06. The van der Waals surface area contributed by atoms with Gasteiger partial charge in [0.2, 0.25) is 10.0 Å². The zero-order chi connectivity index (χ0) is 14.3. The van der Waals surface area contributed by atoms with Gasteiger partial charge in [-0.3, -0.25) is 5.32 Å². The molecule has 0 fully saturated rings. The monoisotopic (exact) mass is 290 g/mol. The summed E-state index contributed by atoms with van der Waals surface area (Å²) in [5, 5.41) is 8.67. The highest BCUT2D eigenvalue weighted by molar-refractivity contribution is 7.89. The van der Waals surface area contributed by atoms with Crippen LogP contribution >= 0.6 is 0 Å². The number of nitrogens with zero attached hydrogens (tertiary/aromatic N) is 1. The topological polar surface area (TPSA) is 113 Å². The van der Waals surface area contributed by atoms with Crippen LogP contribution in [0.2, 0.25) is 0 Å². The molecule has 0 atom stereocenters. The minimum absolute atomic E-state index is 0.0480. The second kappa shape index (κ2) is 7.10. The Balaban J connectivity index is 2.14. The summed E-state index contributed by atoms with van der Waals surface area (Å²) in [5.74, 6) is 0.984. The molecular weight excluding hydrogens is 272 g/mol. The fourth-order valence-electron chi connectivity index (χ4n) is 1.21. The summed E-state index contributed by atoms with van der Waals surface area (Å²) in [6.07, 6.45) is 0.504. The fourth-order valence-corrected chi connectivity index (χ4v) is 1.87. The van der Waals surface area contributed by atoms with Crippen molar-refractivity contribution in [2.75, 3.05) is 24.2 Å². The Morgan fingerprint density at radius 1 is 1.42 bits per heavy atom. The van der Waals surface area contributed by atoms with Crippen LogP contribution in [0.5, 0.6) is 0 Å². The van der Waals surface area contributed by atoms with Gasteiger partial charge < -0.3 is 9.84 Å². The van der Waals surface area contributed by atoms with Crippen molar-refractivity contribution in [3.8, 4) is 0 Å². The van der Waals surface area contributed by atoms with E-state index >= 15 is 0 Å². The lowest BCUT2D eigenvalue weighted by atomic mass is 10.4. The van der Waals surface area contributed by atoms with Crippen LogP contribution in [0.1, 0.15) is 19.1 Å². The number of carbonyl (C=O) groups is 1. The number of urea groups is 1. The van der Waals surface area contributed by atoms with Gasteiger partial charge in [0.05, 0.1) is 5.75 Å². The molecule has 108 valence electrons. The van der Waals surface area contributed by atoms with Gasteiger partial charge in [-0.2, -0.15) is 0 Å². The molecule has 0 aromatic carbocycles. The highest BCUT2D eigenvalue weighted by atomic mass is 32.2. The van der Waals surface area contributed by atoms with Gasteiger partial charge >= 0.3 is 6.03 Å². The maximum atomic E-state index is 11.4. The third-order valence-electron chi connectivity index (χ3n) is 2.21. The molecule has 0 radical (unpaired) electrons. The molecule has 8 nitrogen and oxygen atoms in total. The number of hydrogen-bond donors (Lipinski definition) is 3. The number of carbonyl (C=O) groups excluding carboxylic acids is 1. The molecule has 1 heterocycles. The average Bonchev–Trinajstić information content (AvgIpc) is 2.74. The highest BCUT2D eigenvalue weighted by Crippen LogP contribution is 2.06. The van der Waals surface area contributed by atoms with Crippen molar-refractivity contribution in [1.82, 2.24) is 15.2 Å². The molecule has 0 aliphatic rings. The van der Waals surface area contributed by atoms with E-state index in [9.17, 15) is 13.2 Å². The van der Waals surface area contributed by atoms with E-state index in [0.29, 0.717) is 31.1 Å². The van der Waals surface area contributed by atoms with E-state index in [1.807, 2.05) is 0 Å². The fraction of sp³-hybridized carbons (Fsp3) is 0.600. The SMILES string of the molecule is CCS(=O)(=O)NCCCNC(=O)Nc1cc(C)on1. The molecule has 19 heavy (non-hydrogen) atoms. The molecule has 0 bridgehead atoms. The molecule has 1 aromatic heterocycles. The van der Waals surface area contributed by atoms with Crippen molar-refractivity contribution < 1.29 is 17.7 Å². The Morgan fingerprint density at radius 3 is 2.74 bits per heavy atom. The van der Waals surface area contributed by atoms with Crippen molar-refractivity contribution in [3.63, 3.8) is 0 Å². The molecule has 1 aromatic rings. The van der Waals surface area contributed by atoms with Gasteiger partial charge in [0.15, 0.2) is 5.82 Å². The third-order valence-corrected chi connectivity index (χ3v) is 3.61. The van der Waals surface area contributed by atoms with E-state index in [2.05, 4.69) is 20.5 Å². The predicted molar refractivity (Wildman–Crippen MR) is 70.3 cm³/mol. The van der Waals surface area contributed by atoms with Crippen molar-refractivity contribution in [1.29, 1.82) is 0 Å². The van der Waals surface area contributed by atoms with Crippen LogP contribution in [-0.2, 0) is 10.0 Å². The molecule has 1 rings (SSSR count). The Labute approximate surface area is 112 Å². The molecule has 2 amide bonds. The van der Waals surface area contributed by atoms with Crippen LogP contribution < -0.4 is 15.4 Å². The van der Waals surface area contributed by atoms with Crippen LogP contribution in [0.25, 0.3) is 0 Å². The summed E-state index contributed by atoms with van der Waals surface area (Å²) in [5.41, 5.74) is 0. The maximum absolute atomic E-state index is 11.4. The standard InChI is InChI=1S/C10H18N4O4S/c1-3-19(16,17)12-6-4-5-11-10(15)13-9-7-8(2)18-14-9/h7,12H,3-6H2,1-2H3,(H2,11,13,14,15). The minimum Gasteiger partial charge on any atom is -0.360 e. The zero-order valence-corrected chi connectivity index (χ0v) is 11.7. The number of sulfonamides is 1. The molecule has 0 saturated carbocycles. The molecule has 0 aliphatic carbocycles. The first-order chi connectivity index (χ1) is 8.93. The quantitative estimate of drug-likeness (QED) is 0.630. The van der Waals surface area contributed by atoms with Crippen LogP contribution in [0.3, 0.4) is 0 Å². The van der Waals surface area contributed by atoms with Crippen molar-refractivity contribution in [2.45, 2.75) is 20.3 Å². The van der Waals surface area contributed by atoms with Crippen molar-refractivity contribution >= 4 is 21.9 Å². The van der Waals surface area contributed by atoms with E-state index < -0.39 is 16.1 Å². The first-order valence-electron chi connectivity index (χ1n) is 5.88. The summed E-state index contributed by atoms with van der Waals surface area (Å²) in [7, 11) is -3.17. The number of anilines is 1. The Bertz CT molecular complexity index is 511. The van der Waals surface area contributed by atoms with E-state index in [1.165, 1.54) is 0 Å². The molecule has 0 unspecified atom stereocenters. The molecule has 9 heteroatoms. The van der Waals surface area contributed by atoms with Crippen molar-refractivity contribution in [3.05, 3.63) is 11.8 Å². The van der Waals surface area contributed by atoms with Gasteiger partial charge in [-0.05, 0) is 20.3 Å². The van der Waals surface area contributed by atoms with Crippen LogP contribution in [0.4, 0.5) is 10.6 Å². The smallest absolute Gasteiger partial charge is 0.320 e. The lowest BCUT2D eigenvalue weighted by Gasteiger charge is -2.06. The summed E-state index contributed by atoms with van der Waals surface area (Å²) in [6.45, 7) is 3.93. The van der Waals surface area contributed by atoms with E-state index in [1.54, 1.807) is 19.9 Å². The molecule has 0 spiro atoms. The summed E-state index contributed by atoms with van der Waals surface area (Å²) < 4.78 is 29.4. The van der Waals surface area contributed by atoms with Gasteiger partial charge in [0, 0.05) is 19.2 Å². The lowest BCUT2D eigenvalue weighted by molar-refractivity contribution is 0.251. The summed E-state index contributed by atoms with van der Waals surface area (Å²) >= 11 is 0. The zero-order valence-electron chi connectivity index (χ0n) is 10.9. The molecular formula is C10H18N4O4S. The number of amides is 2. The van der Waals surface area contributed by atoms with E-state index in [0.717, 1.165) is 0 Å². The normalized spacial score (nSPS) is 11.3. The number of hydrogen-bond acceptors (Lipinski definition) is 5. The van der Waals surface area contributed by atoms with Crippen LogP contribution in [0.15, 0.2) is 10.6 Å². The molecule has 0 saturated heterocycles. The molecule has 0 aliphatic heterocycles. The number of aryl methyl sites for hydroxylation is 1. The van der Waals surface area contributed by atoms with Gasteiger partial charge in [-0.1, -0.05) is 5.16 Å². The van der Waals surface area contributed by atoms with Crippen LogP contribution in [-0.4, -0.2) is 38.4 Å². The first-order valence-corrected chi connectivity index (χ1v) is 7.53. The second-order valence-electron chi connectivity index (χ2n) is 3.86. The third kappa shape index (κ3) is 6.20. The number of aromatic nitrogens is 1. The van der Waals surface area contributed by atoms with Gasteiger partial charge in [0.1, 0.15) is 5.76 Å². The minimum atomic E-state index is -3.17. The summed E-state index contributed by atoms with van der Waals surface area (Å²) in [6, 6.07) is 1.18. The average molecular weight is 290 g/mol. The maximum Gasteiger partial charge on any atom is 0.320 e. The largest absolute Gasteiger partial charge is 0.360 e. The van der Waals surface area contributed by atoms with Crippen molar-refractivity contribution in [2.24, 2.45) is 0 Å². The number of rotatable bonds is 7. The van der Waals surface area contributed by atoms with Gasteiger partial charge in [-0.25, -0.2) is 17.9 Å². The first kappa shape index (κ1) is 15.4. The van der Waals surface area contributed by atoms with E-state index in [4.69, 9.17) is 4.52 Å². The van der Waals surface area contributed by atoms with Crippen LogP contribution in [0, 0.1) is 6.92 Å². The molecule has 3 N–H and O–H groups in total. The predicted octanol–water partition coefficient (Wildman–Crippen LogP) is 0.434.